The van der Waals surface area contributed by atoms with E-state index in [0.29, 0.717) is 5.75 Å². The summed E-state index contributed by atoms with van der Waals surface area (Å²) in [5.74, 6) is -0.416. The topological polar surface area (TPSA) is 62.3 Å². The summed E-state index contributed by atoms with van der Waals surface area (Å²) in [6, 6.07) is 20.2. The van der Waals surface area contributed by atoms with Crippen molar-refractivity contribution in [3.63, 3.8) is 0 Å². The maximum atomic E-state index is 10.8. The van der Waals surface area contributed by atoms with Crippen LogP contribution in [0.15, 0.2) is 76.7 Å². The first-order valence-electron chi connectivity index (χ1n) is 7.82. The molecular formula is C20H15NO3S. The molecule has 5 heteroatoms. The lowest BCUT2D eigenvalue weighted by Gasteiger charge is -2.07. The third-order valence-electron chi connectivity index (χ3n) is 3.93. The molecule has 1 aromatic heterocycles. The molecule has 0 saturated heterocycles. The average Bonchev–Trinajstić information content (AvgIpc) is 3.03. The summed E-state index contributed by atoms with van der Waals surface area (Å²) < 4.78 is 5.45. The SMILES string of the molecule is O=C(O)COc1cccc2[nH]cc(Sc3ccc4ccccc4c3)c12. The van der Waals surface area contributed by atoms with Crippen LogP contribution < -0.4 is 4.74 Å². The summed E-state index contributed by atoms with van der Waals surface area (Å²) in [5, 5.41) is 12.2. The smallest absolute Gasteiger partial charge is 0.341 e. The van der Waals surface area contributed by atoms with Gasteiger partial charge in [0.15, 0.2) is 6.61 Å². The average molecular weight is 349 g/mol. The lowest BCUT2D eigenvalue weighted by atomic mass is 10.1. The van der Waals surface area contributed by atoms with Crippen molar-refractivity contribution in [2.45, 2.75) is 9.79 Å². The Morgan fingerprint density at radius 2 is 1.88 bits per heavy atom. The van der Waals surface area contributed by atoms with Gasteiger partial charge in [-0.3, -0.25) is 0 Å². The van der Waals surface area contributed by atoms with Crippen LogP contribution in [0.3, 0.4) is 0 Å². The van der Waals surface area contributed by atoms with Gasteiger partial charge in [0.25, 0.3) is 0 Å². The highest BCUT2D eigenvalue weighted by Crippen LogP contribution is 2.39. The number of carbonyl (C=O) groups is 1. The van der Waals surface area contributed by atoms with Gasteiger partial charge in [0.2, 0.25) is 0 Å². The van der Waals surface area contributed by atoms with Crippen molar-refractivity contribution in [3.05, 3.63) is 66.9 Å². The molecule has 0 saturated carbocycles. The van der Waals surface area contributed by atoms with Crippen LogP contribution in [-0.2, 0) is 4.79 Å². The molecule has 2 N–H and O–H groups in total. The lowest BCUT2D eigenvalue weighted by Crippen LogP contribution is -2.09. The van der Waals surface area contributed by atoms with E-state index in [1.807, 2.05) is 30.5 Å². The molecule has 0 unspecified atom stereocenters. The zero-order valence-corrected chi connectivity index (χ0v) is 14.0. The summed E-state index contributed by atoms with van der Waals surface area (Å²) >= 11 is 1.63. The third-order valence-corrected chi connectivity index (χ3v) is 4.96. The number of carboxylic acids is 1. The second-order valence-corrected chi connectivity index (χ2v) is 6.74. The molecule has 3 aromatic carbocycles. The normalized spacial score (nSPS) is 11.0. The lowest BCUT2D eigenvalue weighted by molar-refractivity contribution is -0.139. The quantitative estimate of drug-likeness (QED) is 0.536. The molecule has 25 heavy (non-hydrogen) atoms. The fourth-order valence-corrected chi connectivity index (χ4v) is 3.83. The van der Waals surface area contributed by atoms with Gasteiger partial charge in [-0.2, -0.15) is 0 Å². The van der Waals surface area contributed by atoms with Crippen molar-refractivity contribution >= 4 is 39.4 Å². The van der Waals surface area contributed by atoms with Crippen molar-refractivity contribution in [2.75, 3.05) is 6.61 Å². The summed E-state index contributed by atoms with van der Waals surface area (Å²) in [6.07, 6.45) is 1.93. The Bertz CT molecular complexity index is 1070. The zero-order chi connectivity index (χ0) is 17.2. The van der Waals surface area contributed by atoms with E-state index in [1.54, 1.807) is 17.8 Å². The van der Waals surface area contributed by atoms with E-state index in [2.05, 4.69) is 35.3 Å². The van der Waals surface area contributed by atoms with E-state index in [-0.39, 0.29) is 6.61 Å². The largest absolute Gasteiger partial charge is 0.481 e. The number of ether oxygens (including phenoxy) is 1. The van der Waals surface area contributed by atoms with Crippen molar-refractivity contribution < 1.29 is 14.6 Å². The van der Waals surface area contributed by atoms with Gasteiger partial charge in [-0.05, 0) is 35.0 Å². The minimum Gasteiger partial charge on any atom is -0.481 e. The van der Waals surface area contributed by atoms with Crippen LogP contribution in [0.5, 0.6) is 5.75 Å². The number of aromatic amines is 1. The molecule has 0 aliphatic rings. The van der Waals surface area contributed by atoms with Gasteiger partial charge in [-0.1, -0.05) is 48.2 Å². The number of hydrogen-bond donors (Lipinski definition) is 2. The highest BCUT2D eigenvalue weighted by molar-refractivity contribution is 7.99. The Balaban J connectivity index is 1.71. The van der Waals surface area contributed by atoms with Crippen LogP contribution in [-0.4, -0.2) is 22.7 Å². The highest BCUT2D eigenvalue weighted by Gasteiger charge is 2.12. The summed E-state index contributed by atoms with van der Waals surface area (Å²) in [7, 11) is 0. The van der Waals surface area contributed by atoms with Gasteiger partial charge in [-0.25, -0.2) is 4.79 Å². The van der Waals surface area contributed by atoms with Crippen molar-refractivity contribution in [3.8, 4) is 5.75 Å². The molecule has 0 aliphatic heterocycles. The molecule has 0 amide bonds. The number of fused-ring (bicyclic) bond motifs is 2. The Kier molecular flexibility index (Phi) is 4.07. The fourth-order valence-electron chi connectivity index (χ4n) is 2.82. The molecule has 0 bridgehead atoms. The van der Waals surface area contributed by atoms with Gasteiger partial charge >= 0.3 is 5.97 Å². The molecular weight excluding hydrogens is 334 g/mol. The monoisotopic (exact) mass is 349 g/mol. The summed E-state index contributed by atoms with van der Waals surface area (Å²) in [5.41, 5.74) is 0.922. The van der Waals surface area contributed by atoms with Crippen LogP contribution >= 0.6 is 11.8 Å². The van der Waals surface area contributed by atoms with E-state index >= 15 is 0 Å². The molecule has 0 atom stereocenters. The van der Waals surface area contributed by atoms with Crippen molar-refractivity contribution in [2.24, 2.45) is 0 Å². The standard InChI is InChI=1S/C20H15NO3S/c22-19(23)12-24-17-7-3-6-16-20(17)18(11-21-16)25-15-9-8-13-4-1-2-5-14(13)10-15/h1-11,21H,12H2,(H,22,23). The first kappa shape index (κ1) is 15.6. The first-order valence-corrected chi connectivity index (χ1v) is 8.64. The minimum atomic E-state index is -0.990. The minimum absolute atomic E-state index is 0.357. The molecule has 1 heterocycles. The van der Waals surface area contributed by atoms with Gasteiger partial charge in [-0.15, -0.1) is 0 Å². The molecule has 0 spiro atoms. The summed E-state index contributed by atoms with van der Waals surface area (Å²) in [6.45, 7) is -0.357. The highest BCUT2D eigenvalue weighted by atomic mass is 32.2. The Hall–Kier alpha value is -2.92. The van der Waals surface area contributed by atoms with Gasteiger partial charge < -0.3 is 14.8 Å². The predicted octanol–water partition coefficient (Wildman–Crippen LogP) is 4.94. The number of aliphatic carboxylic acids is 1. The number of nitrogens with one attached hydrogen (secondary N) is 1. The molecule has 0 aliphatic carbocycles. The number of H-pyrrole nitrogens is 1. The van der Waals surface area contributed by atoms with Crippen LogP contribution in [0.1, 0.15) is 0 Å². The zero-order valence-electron chi connectivity index (χ0n) is 13.2. The number of carboxylic acid groups (broad SMARTS) is 1. The van der Waals surface area contributed by atoms with Gasteiger partial charge in [0, 0.05) is 16.0 Å². The molecule has 0 radical (unpaired) electrons. The predicted molar refractivity (Wildman–Crippen MR) is 99.5 cm³/mol. The molecule has 4 nitrogen and oxygen atoms in total. The number of hydrogen-bond acceptors (Lipinski definition) is 3. The maximum absolute atomic E-state index is 10.8. The van der Waals surface area contributed by atoms with Crippen LogP contribution in [0.4, 0.5) is 0 Å². The van der Waals surface area contributed by atoms with E-state index in [0.717, 1.165) is 20.7 Å². The Morgan fingerprint density at radius 3 is 2.72 bits per heavy atom. The molecule has 4 rings (SSSR count). The van der Waals surface area contributed by atoms with E-state index in [4.69, 9.17) is 9.84 Å². The second kappa shape index (κ2) is 6.53. The molecule has 124 valence electrons. The van der Waals surface area contributed by atoms with Gasteiger partial charge in [0.1, 0.15) is 5.75 Å². The van der Waals surface area contributed by atoms with Crippen molar-refractivity contribution in [1.29, 1.82) is 0 Å². The third kappa shape index (κ3) is 3.19. The first-order chi connectivity index (χ1) is 12.2. The van der Waals surface area contributed by atoms with Crippen LogP contribution in [0.25, 0.3) is 21.7 Å². The second-order valence-electron chi connectivity index (χ2n) is 5.63. The van der Waals surface area contributed by atoms with E-state index in [1.165, 1.54) is 10.8 Å². The molecule has 4 aromatic rings. The maximum Gasteiger partial charge on any atom is 0.341 e. The van der Waals surface area contributed by atoms with E-state index < -0.39 is 5.97 Å². The van der Waals surface area contributed by atoms with Crippen LogP contribution in [0, 0.1) is 0 Å². The molecule has 0 fully saturated rings. The fraction of sp³-hybridized carbons (Fsp3) is 0.0500. The van der Waals surface area contributed by atoms with E-state index in [9.17, 15) is 4.79 Å². The van der Waals surface area contributed by atoms with Crippen LogP contribution in [0.2, 0.25) is 0 Å². The number of aromatic nitrogens is 1. The summed E-state index contributed by atoms with van der Waals surface area (Å²) in [4.78, 5) is 16.2. The van der Waals surface area contributed by atoms with Crippen molar-refractivity contribution in [1.82, 2.24) is 4.98 Å². The number of benzene rings is 3. The number of rotatable bonds is 5. The Morgan fingerprint density at radius 1 is 1.04 bits per heavy atom. The van der Waals surface area contributed by atoms with Gasteiger partial charge in [0.05, 0.1) is 10.9 Å². The Labute approximate surface area is 148 Å².